The van der Waals surface area contributed by atoms with E-state index in [-0.39, 0.29) is 5.91 Å². The number of carbonyl (C=O) groups excluding carboxylic acids is 1. The number of H-pyrrole nitrogens is 1. The van der Waals surface area contributed by atoms with Gasteiger partial charge in [0.05, 0.1) is 0 Å². The van der Waals surface area contributed by atoms with Crippen molar-refractivity contribution >= 4 is 16.8 Å². The lowest BCUT2D eigenvalue weighted by molar-refractivity contribution is 0.0953. The van der Waals surface area contributed by atoms with E-state index < -0.39 is 0 Å². The molecule has 3 aromatic rings. The molecule has 1 aliphatic heterocycles. The van der Waals surface area contributed by atoms with Gasteiger partial charge in [-0.15, -0.1) is 0 Å². The minimum absolute atomic E-state index is 0.0357. The van der Waals surface area contributed by atoms with Gasteiger partial charge >= 0.3 is 0 Å². The van der Waals surface area contributed by atoms with Crippen molar-refractivity contribution in [3.8, 4) is 0 Å². The van der Waals surface area contributed by atoms with Crippen LogP contribution in [-0.4, -0.2) is 24.0 Å². The Morgan fingerprint density at radius 3 is 3.00 bits per heavy atom. The summed E-state index contributed by atoms with van der Waals surface area (Å²) >= 11 is 0. The third-order valence-electron chi connectivity index (χ3n) is 4.74. The molecule has 24 heavy (non-hydrogen) atoms. The number of aromatic nitrogens is 1. The van der Waals surface area contributed by atoms with Crippen molar-refractivity contribution in [1.29, 1.82) is 0 Å². The third kappa shape index (κ3) is 2.81. The monoisotopic (exact) mass is 319 g/mol. The molecule has 1 amide bonds. The number of carbonyl (C=O) groups is 1. The largest absolute Gasteiger partial charge is 0.361 e. The molecule has 4 rings (SSSR count). The summed E-state index contributed by atoms with van der Waals surface area (Å²) in [6.45, 7) is 2.43. The predicted octanol–water partition coefficient (Wildman–Crippen LogP) is 2.79. The van der Waals surface area contributed by atoms with Crippen molar-refractivity contribution in [1.82, 2.24) is 15.6 Å². The van der Waals surface area contributed by atoms with Gasteiger partial charge in [-0.25, -0.2) is 0 Å². The van der Waals surface area contributed by atoms with Gasteiger partial charge in [0.2, 0.25) is 0 Å². The van der Waals surface area contributed by atoms with E-state index in [0.717, 1.165) is 37.0 Å². The predicted molar refractivity (Wildman–Crippen MR) is 96.2 cm³/mol. The zero-order chi connectivity index (χ0) is 16.4. The Morgan fingerprint density at radius 2 is 2.04 bits per heavy atom. The molecule has 1 aliphatic rings. The number of benzene rings is 2. The number of fused-ring (bicyclic) bond motifs is 2. The maximum Gasteiger partial charge on any atom is 0.251 e. The van der Waals surface area contributed by atoms with Crippen molar-refractivity contribution in [2.75, 3.05) is 13.1 Å². The van der Waals surface area contributed by atoms with Crippen LogP contribution in [0.3, 0.4) is 0 Å². The molecule has 4 nitrogen and oxygen atoms in total. The van der Waals surface area contributed by atoms with E-state index >= 15 is 0 Å². The minimum Gasteiger partial charge on any atom is -0.361 e. The minimum atomic E-state index is 0.0357. The zero-order valence-corrected chi connectivity index (χ0v) is 13.6. The molecule has 2 aromatic carbocycles. The molecule has 3 N–H and O–H groups in total. The highest BCUT2D eigenvalue weighted by molar-refractivity contribution is 5.96. The first-order chi connectivity index (χ1) is 11.8. The van der Waals surface area contributed by atoms with E-state index in [2.05, 4.69) is 33.8 Å². The molecule has 0 spiro atoms. The first-order valence-electron chi connectivity index (χ1n) is 8.47. The molecule has 0 bridgehead atoms. The SMILES string of the molecule is O=C(NCCc1c[nH]c2ccccc12)c1cccc2c1CCNC2. The molecule has 0 aliphatic carbocycles. The van der Waals surface area contributed by atoms with Crippen molar-refractivity contribution in [3.63, 3.8) is 0 Å². The van der Waals surface area contributed by atoms with Gasteiger partial charge in [0, 0.05) is 35.8 Å². The lowest BCUT2D eigenvalue weighted by atomic mass is 9.95. The molecule has 0 unspecified atom stereocenters. The smallest absolute Gasteiger partial charge is 0.251 e. The van der Waals surface area contributed by atoms with Gasteiger partial charge in [0.25, 0.3) is 5.91 Å². The highest BCUT2D eigenvalue weighted by Crippen LogP contribution is 2.19. The molecule has 0 radical (unpaired) electrons. The molecular formula is C20H21N3O. The quantitative estimate of drug-likeness (QED) is 0.692. The molecule has 0 saturated heterocycles. The second-order valence-corrected chi connectivity index (χ2v) is 6.24. The summed E-state index contributed by atoms with van der Waals surface area (Å²) in [5, 5.41) is 7.66. The van der Waals surface area contributed by atoms with E-state index in [9.17, 15) is 4.79 Å². The average molecular weight is 319 g/mol. The number of para-hydroxylation sites is 1. The van der Waals surface area contributed by atoms with Crippen LogP contribution >= 0.6 is 0 Å². The van der Waals surface area contributed by atoms with E-state index in [4.69, 9.17) is 0 Å². The van der Waals surface area contributed by atoms with Crippen molar-refractivity contribution in [2.24, 2.45) is 0 Å². The number of hydrogen-bond acceptors (Lipinski definition) is 2. The number of aromatic amines is 1. The van der Waals surface area contributed by atoms with Crippen molar-refractivity contribution in [2.45, 2.75) is 19.4 Å². The van der Waals surface area contributed by atoms with Crippen LogP contribution in [0, 0.1) is 0 Å². The van der Waals surface area contributed by atoms with Crippen molar-refractivity contribution < 1.29 is 4.79 Å². The zero-order valence-electron chi connectivity index (χ0n) is 13.6. The molecule has 2 heterocycles. The van der Waals surface area contributed by atoms with Crippen LogP contribution in [0.2, 0.25) is 0 Å². The molecule has 0 saturated carbocycles. The summed E-state index contributed by atoms with van der Waals surface area (Å²) in [5.41, 5.74) is 5.65. The normalized spacial score (nSPS) is 13.7. The first kappa shape index (κ1) is 15.0. The fourth-order valence-corrected chi connectivity index (χ4v) is 3.49. The van der Waals surface area contributed by atoms with Gasteiger partial charge in [0.1, 0.15) is 0 Å². The van der Waals surface area contributed by atoms with Gasteiger partial charge < -0.3 is 15.6 Å². The van der Waals surface area contributed by atoms with Crippen LogP contribution in [0.25, 0.3) is 10.9 Å². The Kier molecular flexibility index (Phi) is 4.05. The van der Waals surface area contributed by atoms with Gasteiger partial charge in [0.15, 0.2) is 0 Å². The van der Waals surface area contributed by atoms with Crippen LogP contribution in [0.15, 0.2) is 48.7 Å². The summed E-state index contributed by atoms with van der Waals surface area (Å²) in [6.07, 6.45) is 3.78. The highest BCUT2D eigenvalue weighted by atomic mass is 16.1. The summed E-state index contributed by atoms with van der Waals surface area (Å²) in [6, 6.07) is 14.3. The fourth-order valence-electron chi connectivity index (χ4n) is 3.49. The van der Waals surface area contributed by atoms with Crippen LogP contribution in [-0.2, 0) is 19.4 Å². The molecule has 0 fully saturated rings. The Hall–Kier alpha value is -2.59. The summed E-state index contributed by atoms with van der Waals surface area (Å²) in [7, 11) is 0. The Morgan fingerprint density at radius 1 is 1.12 bits per heavy atom. The summed E-state index contributed by atoms with van der Waals surface area (Å²) in [5.74, 6) is 0.0357. The number of rotatable bonds is 4. The number of amides is 1. The first-order valence-corrected chi connectivity index (χ1v) is 8.47. The molecule has 1 aromatic heterocycles. The number of nitrogens with one attached hydrogen (secondary N) is 3. The van der Waals surface area contributed by atoms with E-state index in [1.54, 1.807) is 0 Å². The molecule has 4 heteroatoms. The maximum atomic E-state index is 12.6. The summed E-state index contributed by atoms with van der Waals surface area (Å²) in [4.78, 5) is 15.8. The Balaban J connectivity index is 1.44. The fraction of sp³-hybridized carbons (Fsp3) is 0.250. The van der Waals surface area contributed by atoms with E-state index in [1.807, 2.05) is 30.5 Å². The molecular weight excluding hydrogens is 298 g/mol. The number of hydrogen-bond donors (Lipinski definition) is 3. The van der Waals surface area contributed by atoms with Crippen LogP contribution in [0.1, 0.15) is 27.0 Å². The van der Waals surface area contributed by atoms with Gasteiger partial charge in [-0.1, -0.05) is 30.3 Å². The van der Waals surface area contributed by atoms with Gasteiger partial charge in [-0.05, 0) is 48.2 Å². The second kappa shape index (κ2) is 6.49. The second-order valence-electron chi connectivity index (χ2n) is 6.24. The Bertz CT molecular complexity index is 881. The van der Waals surface area contributed by atoms with Gasteiger partial charge in [-0.2, -0.15) is 0 Å². The van der Waals surface area contributed by atoms with E-state index in [0.29, 0.717) is 6.54 Å². The van der Waals surface area contributed by atoms with E-state index in [1.165, 1.54) is 22.1 Å². The van der Waals surface area contributed by atoms with Crippen LogP contribution in [0.4, 0.5) is 0 Å². The van der Waals surface area contributed by atoms with Crippen LogP contribution in [0.5, 0.6) is 0 Å². The highest BCUT2D eigenvalue weighted by Gasteiger charge is 2.16. The molecule has 122 valence electrons. The third-order valence-corrected chi connectivity index (χ3v) is 4.74. The van der Waals surface area contributed by atoms with Gasteiger partial charge in [-0.3, -0.25) is 4.79 Å². The topological polar surface area (TPSA) is 56.9 Å². The van der Waals surface area contributed by atoms with Crippen LogP contribution < -0.4 is 10.6 Å². The lowest BCUT2D eigenvalue weighted by Crippen LogP contribution is -2.30. The van der Waals surface area contributed by atoms with Crippen molar-refractivity contribution in [3.05, 3.63) is 70.9 Å². The Labute approximate surface area is 141 Å². The standard InChI is InChI=1S/C20H21N3O/c24-20(18-6-3-4-14-12-21-10-9-16(14)18)22-11-8-15-13-23-19-7-2-1-5-17(15)19/h1-7,13,21,23H,8-12H2,(H,22,24). The maximum absolute atomic E-state index is 12.6. The summed E-state index contributed by atoms with van der Waals surface area (Å²) < 4.78 is 0. The molecule has 0 atom stereocenters. The lowest BCUT2D eigenvalue weighted by Gasteiger charge is -2.19. The average Bonchev–Trinajstić information content (AvgIpc) is 3.04.